The van der Waals surface area contributed by atoms with Crippen LogP contribution in [0.4, 0.5) is 0 Å². The van der Waals surface area contributed by atoms with Gasteiger partial charge < -0.3 is 19.5 Å². The summed E-state index contributed by atoms with van der Waals surface area (Å²) in [7, 11) is 3.33. The summed E-state index contributed by atoms with van der Waals surface area (Å²) in [5.41, 5.74) is 1.47. The fraction of sp³-hybridized carbons (Fsp3) is 0.600. The van der Waals surface area contributed by atoms with Crippen LogP contribution in [0.5, 0.6) is 17.2 Å². The van der Waals surface area contributed by atoms with Gasteiger partial charge in [-0.2, -0.15) is 0 Å². The monoisotopic (exact) mass is 263 g/mol. The van der Waals surface area contributed by atoms with Crippen LogP contribution in [0.2, 0.25) is 0 Å². The summed E-state index contributed by atoms with van der Waals surface area (Å²) in [6.45, 7) is 2.85. The molecule has 2 aliphatic rings. The molecule has 0 bridgehead atoms. The highest BCUT2D eigenvalue weighted by Gasteiger charge is 2.40. The fourth-order valence-electron chi connectivity index (χ4n) is 3.37. The van der Waals surface area contributed by atoms with Gasteiger partial charge in [0.25, 0.3) is 0 Å². The highest BCUT2D eigenvalue weighted by atomic mass is 16.5. The lowest BCUT2D eigenvalue weighted by Crippen LogP contribution is -2.28. The molecule has 3 rings (SSSR count). The third-order valence-corrected chi connectivity index (χ3v) is 4.36. The Morgan fingerprint density at radius 3 is 2.79 bits per heavy atom. The van der Waals surface area contributed by atoms with Crippen molar-refractivity contribution in [3.8, 4) is 17.2 Å². The zero-order valence-corrected chi connectivity index (χ0v) is 11.6. The van der Waals surface area contributed by atoms with Crippen molar-refractivity contribution < 1.29 is 14.2 Å². The van der Waals surface area contributed by atoms with Crippen molar-refractivity contribution in [2.24, 2.45) is 0 Å². The van der Waals surface area contributed by atoms with Gasteiger partial charge in [-0.1, -0.05) is 6.07 Å². The number of fused-ring (bicyclic) bond motifs is 2. The topological polar surface area (TPSA) is 39.7 Å². The first-order chi connectivity index (χ1) is 9.30. The van der Waals surface area contributed by atoms with E-state index in [1.807, 2.05) is 6.07 Å². The predicted molar refractivity (Wildman–Crippen MR) is 73.4 cm³/mol. The van der Waals surface area contributed by atoms with Crippen molar-refractivity contribution in [2.45, 2.75) is 24.7 Å². The SMILES string of the molecule is COc1ccc2c(c1OC)OCCCC21CCNC1. The molecule has 2 heterocycles. The quantitative estimate of drug-likeness (QED) is 0.887. The second-order valence-electron chi connectivity index (χ2n) is 5.34. The first kappa shape index (κ1) is 12.6. The lowest BCUT2D eigenvalue weighted by molar-refractivity contribution is 0.283. The minimum absolute atomic E-state index is 0.200. The third kappa shape index (κ3) is 1.94. The van der Waals surface area contributed by atoms with Crippen molar-refractivity contribution in [2.75, 3.05) is 33.9 Å². The fourth-order valence-corrected chi connectivity index (χ4v) is 3.37. The number of rotatable bonds is 2. The van der Waals surface area contributed by atoms with Crippen LogP contribution >= 0.6 is 0 Å². The minimum atomic E-state index is 0.200. The molecule has 1 unspecified atom stereocenters. The Hall–Kier alpha value is -1.42. The van der Waals surface area contributed by atoms with Crippen LogP contribution in [0.1, 0.15) is 24.8 Å². The van der Waals surface area contributed by atoms with Gasteiger partial charge in [-0.15, -0.1) is 0 Å². The summed E-state index contributed by atoms with van der Waals surface area (Å²) in [6.07, 6.45) is 3.42. The second-order valence-corrected chi connectivity index (χ2v) is 5.34. The Morgan fingerprint density at radius 2 is 2.11 bits per heavy atom. The van der Waals surface area contributed by atoms with Crippen LogP contribution in [0, 0.1) is 0 Å². The van der Waals surface area contributed by atoms with E-state index in [1.165, 1.54) is 18.4 Å². The van der Waals surface area contributed by atoms with E-state index in [2.05, 4.69) is 11.4 Å². The Balaban J connectivity index is 2.15. The number of ether oxygens (including phenoxy) is 3. The molecule has 1 aromatic rings. The van der Waals surface area contributed by atoms with Gasteiger partial charge >= 0.3 is 0 Å². The van der Waals surface area contributed by atoms with E-state index in [1.54, 1.807) is 14.2 Å². The lowest BCUT2D eigenvalue weighted by Gasteiger charge is -2.28. The minimum Gasteiger partial charge on any atom is -0.493 e. The number of hydrogen-bond acceptors (Lipinski definition) is 4. The van der Waals surface area contributed by atoms with Crippen LogP contribution in [0.15, 0.2) is 12.1 Å². The molecule has 4 heteroatoms. The summed E-state index contributed by atoms with van der Waals surface area (Å²) < 4.78 is 16.9. The maximum atomic E-state index is 5.97. The van der Waals surface area contributed by atoms with E-state index >= 15 is 0 Å². The molecule has 1 N–H and O–H groups in total. The van der Waals surface area contributed by atoms with Gasteiger partial charge in [-0.05, 0) is 31.9 Å². The largest absolute Gasteiger partial charge is 0.493 e. The molecule has 19 heavy (non-hydrogen) atoms. The van der Waals surface area contributed by atoms with Gasteiger partial charge in [0.05, 0.1) is 20.8 Å². The summed E-state index contributed by atoms with van der Waals surface area (Å²) in [5.74, 6) is 2.35. The van der Waals surface area contributed by atoms with Crippen molar-refractivity contribution in [3.05, 3.63) is 17.7 Å². The predicted octanol–water partition coefficient (Wildman–Crippen LogP) is 2.11. The maximum Gasteiger partial charge on any atom is 0.203 e. The van der Waals surface area contributed by atoms with Crippen LogP contribution < -0.4 is 19.5 Å². The Morgan fingerprint density at radius 1 is 1.21 bits per heavy atom. The standard InChI is InChI=1S/C15H21NO3/c1-17-12-5-4-11-13(14(12)18-2)19-9-3-6-15(11)7-8-16-10-15/h4-5,16H,3,6-10H2,1-2H3. The maximum absolute atomic E-state index is 5.97. The number of methoxy groups -OCH3 is 2. The summed E-state index contributed by atoms with van der Waals surface area (Å²) in [5, 5.41) is 3.49. The average Bonchev–Trinajstić information content (AvgIpc) is 2.84. The number of hydrogen-bond donors (Lipinski definition) is 1. The molecule has 1 spiro atoms. The van der Waals surface area contributed by atoms with Crippen molar-refractivity contribution in [1.29, 1.82) is 0 Å². The van der Waals surface area contributed by atoms with Gasteiger partial charge in [-0.3, -0.25) is 0 Å². The van der Waals surface area contributed by atoms with Gasteiger partial charge in [0.2, 0.25) is 5.75 Å². The van der Waals surface area contributed by atoms with E-state index in [9.17, 15) is 0 Å². The van der Waals surface area contributed by atoms with E-state index < -0.39 is 0 Å². The van der Waals surface area contributed by atoms with Crippen molar-refractivity contribution in [1.82, 2.24) is 5.32 Å². The van der Waals surface area contributed by atoms with Crippen molar-refractivity contribution in [3.63, 3.8) is 0 Å². The molecular weight excluding hydrogens is 242 g/mol. The first-order valence-electron chi connectivity index (χ1n) is 6.90. The zero-order chi connectivity index (χ0) is 13.3. The van der Waals surface area contributed by atoms with Gasteiger partial charge in [0, 0.05) is 17.5 Å². The number of nitrogens with one attached hydrogen (secondary N) is 1. The molecule has 0 aromatic heterocycles. The molecular formula is C15H21NO3. The third-order valence-electron chi connectivity index (χ3n) is 4.36. The van der Waals surface area contributed by atoms with E-state index in [4.69, 9.17) is 14.2 Å². The molecule has 0 radical (unpaired) electrons. The molecule has 104 valence electrons. The molecule has 1 atom stereocenters. The summed E-state index contributed by atoms with van der Waals surface area (Å²) in [4.78, 5) is 0. The van der Waals surface area contributed by atoms with Crippen LogP contribution in [0.3, 0.4) is 0 Å². The number of benzene rings is 1. The molecule has 0 amide bonds. The van der Waals surface area contributed by atoms with Gasteiger partial charge in [0.1, 0.15) is 0 Å². The van der Waals surface area contributed by atoms with E-state index in [0.29, 0.717) is 0 Å². The smallest absolute Gasteiger partial charge is 0.203 e. The highest BCUT2D eigenvalue weighted by molar-refractivity contribution is 5.58. The Bertz CT molecular complexity index is 467. The molecule has 2 aliphatic heterocycles. The summed E-state index contributed by atoms with van der Waals surface area (Å²) >= 11 is 0. The normalized spacial score (nSPS) is 25.6. The van der Waals surface area contributed by atoms with E-state index in [-0.39, 0.29) is 5.41 Å². The Labute approximate surface area is 114 Å². The summed E-state index contributed by atoms with van der Waals surface area (Å²) in [6, 6.07) is 4.14. The Kier molecular flexibility index (Phi) is 3.27. The van der Waals surface area contributed by atoms with Crippen molar-refractivity contribution >= 4 is 0 Å². The lowest BCUT2D eigenvalue weighted by atomic mass is 9.76. The average molecular weight is 263 g/mol. The molecule has 4 nitrogen and oxygen atoms in total. The molecule has 0 saturated carbocycles. The highest BCUT2D eigenvalue weighted by Crippen LogP contribution is 2.49. The zero-order valence-electron chi connectivity index (χ0n) is 11.6. The van der Waals surface area contributed by atoms with Crippen LogP contribution in [-0.2, 0) is 5.41 Å². The van der Waals surface area contributed by atoms with E-state index in [0.717, 1.165) is 43.4 Å². The molecule has 1 aromatic carbocycles. The van der Waals surface area contributed by atoms with Gasteiger partial charge in [0.15, 0.2) is 11.5 Å². The van der Waals surface area contributed by atoms with Gasteiger partial charge in [-0.25, -0.2) is 0 Å². The first-order valence-corrected chi connectivity index (χ1v) is 6.90. The molecule has 1 saturated heterocycles. The second kappa shape index (κ2) is 4.93. The van der Waals surface area contributed by atoms with Crippen LogP contribution in [0.25, 0.3) is 0 Å². The molecule has 1 fully saturated rings. The molecule has 0 aliphatic carbocycles. The van der Waals surface area contributed by atoms with Crippen LogP contribution in [-0.4, -0.2) is 33.9 Å².